The topological polar surface area (TPSA) is 32.3 Å². The second-order valence-electron chi connectivity index (χ2n) is 4.51. The molecule has 7 heteroatoms. The first-order valence-corrected chi connectivity index (χ1v) is 6.40. The first-order valence-electron chi connectivity index (χ1n) is 6.02. The normalized spacial score (nSPS) is 11.3. The van der Waals surface area contributed by atoms with Gasteiger partial charge in [0.1, 0.15) is 0 Å². The summed E-state index contributed by atoms with van der Waals surface area (Å²) in [5, 5.41) is 2.72. The van der Waals surface area contributed by atoms with Crippen molar-refractivity contribution in [1.29, 1.82) is 0 Å². The SMILES string of the molecule is CN(C)C(=O)CCCNc1ccc(Cl)cc1C(F)(F)F. The van der Waals surface area contributed by atoms with E-state index >= 15 is 0 Å². The highest BCUT2D eigenvalue weighted by molar-refractivity contribution is 6.30. The zero-order valence-corrected chi connectivity index (χ0v) is 12.0. The highest BCUT2D eigenvalue weighted by atomic mass is 35.5. The quantitative estimate of drug-likeness (QED) is 0.842. The van der Waals surface area contributed by atoms with Crippen molar-refractivity contribution < 1.29 is 18.0 Å². The number of carbonyl (C=O) groups excluding carboxylic acids is 1. The highest BCUT2D eigenvalue weighted by Crippen LogP contribution is 2.36. The zero-order chi connectivity index (χ0) is 15.3. The number of alkyl halides is 3. The average Bonchev–Trinajstić information content (AvgIpc) is 2.34. The van der Waals surface area contributed by atoms with Crippen molar-refractivity contribution in [2.75, 3.05) is 26.0 Å². The molecule has 1 rings (SSSR count). The van der Waals surface area contributed by atoms with Crippen molar-refractivity contribution in [3.8, 4) is 0 Å². The Balaban J connectivity index is 2.63. The van der Waals surface area contributed by atoms with E-state index in [4.69, 9.17) is 11.6 Å². The van der Waals surface area contributed by atoms with Gasteiger partial charge in [0.2, 0.25) is 5.91 Å². The fraction of sp³-hybridized carbons (Fsp3) is 0.462. The van der Waals surface area contributed by atoms with Crippen LogP contribution in [0.5, 0.6) is 0 Å². The molecule has 0 aromatic heterocycles. The molecule has 1 aromatic carbocycles. The molecule has 0 heterocycles. The molecule has 1 amide bonds. The van der Waals surface area contributed by atoms with Gasteiger partial charge in [-0.1, -0.05) is 11.6 Å². The Hall–Kier alpha value is -1.43. The molecule has 0 aliphatic rings. The Labute approximate surface area is 120 Å². The molecule has 0 spiro atoms. The Morgan fingerprint density at radius 3 is 2.55 bits per heavy atom. The van der Waals surface area contributed by atoms with E-state index in [0.29, 0.717) is 6.42 Å². The lowest BCUT2D eigenvalue weighted by Gasteiger charge is -2.15. The minimum Gasteiger partial charge on any atom is -0.385 e. The first kappa shape index (κ1) is 16.6. The molecule has 0 radical (unpaired) electrons. The van der Waals surface area contributed by atoms with Crippen LogP contribution in [0.3, 0.4) is 0 Å². The van der Waals surface area contributed by atoms with Gasteiger partial charge >= 0.3 is 6.18 Å². The number of hydrogen-bond acceptors (Lipinski definition) is 2. The van der Waals surface area contributed by atoms with E-state index in [9.17, 15) is 18.0 Å². The minimum atomic E-state index is -4.47. The summed E-state index contributed by atoms with van der Waals surface area (Å²) in [5.41, 5.74) is -0.830. The van der Waals surface area contributed by atoms with Gasteiger partial charge in [0, 0.05) is 37.8 Å². The zero-order valence-electron chi connectivity index (χ0n) is 11.2. The molecule has 1 aromatic rings. The van der Waals surface area contributed by atoms with E-state index < -0.39 is 11.7 Å². The fourth-order valence-electron chi connectivity index (χ4n) is 1.59. The molecule has 0 saturated heterocycles. The van der Waals surface area contributed by atoms with Crippen molar-refractivity contribution in [2.24, 2.45) is 0 Å². The van der Waals surface area contributed by atoms with Crippen molar-refractivity contribution >= 4 is 23.2 Å². The Bertz CT molecular complexity index is 475. The Morgan fingerprint density at radius 1 is 1.35 bits per heavy atom. The van der Waals surface area contributed by atoms with E-state index in [-0.39, 0.29) is 29.6 Å². The summed E-state index contributed by atoms with van der Waals surface area (Å²) in [6.07, 6.45) is -3.72. The molecule has 0 aliphatic heterocycles. The van der Waals surface area contributed by atoms with Gasteiger partial charge < -0.3 is 10.2 Å². The average molecular weight is 309 g/mol. The van der Waals surface area contributed by atoms with Crippen molar-refractivity contribution in [1.82, 2.24) is 4.90 Å². The summed E-state index contributed by atoms with van der Waals surface area (Å²) < 4.78 is 38.4. The van der Waals surface area contributed by atoms with Gasteiger partial charge in [-0.15, -0.1) is 0 Å². The predicted octanol–water partition coefficient (Wildman–Crippen LogP) is 3.64. The third kappa shape index (κ3) is 4.92. The van der Waals surface area contributed by atoms with Crippen LogP contribution < -0.4 is 5.32 Å². The number of carbonyl (C=O) groups is 1. The number of amides is 1. The van der Waals surface area contributed by atoms with E-state index in [1.54, 1.807) is 14.1 Å². The van der Waals surface area contributed by atoms with Gasteiger partial charge in [-0.25, -0.2) is 0 Å². The second kappa shape index (κ2) is 6.83. The number of halogens is 4. The highest BCUT2D eigenvalue weighted by Gasteiger charge is 2.33. The van der Waals surface area contributed by atoms with Gasteiger partial charge in [-0.2, -0.15) is 13.2 Å². The maximum absolute atomic E-state index is 12.8. The van der Waals surface area contributed by atoms with Crippen molar-refractivity contribution in [3.63, 3.8) is 0 Å². The summed E-state index contributed by atoms with van der Waals surface area (Å²) in [6, 6.07) is 3.57. The number of nitrogens with one attached hydrogen (secondary N) is 1. The van der Waals surface area contributed by atoms with Crippen LogP contribution in [-0.4, -0.2) is 31.4 Å². The van der Waals surface area contributed by atoms with Crippen LogP contribution in [0.25, 0.3) is 0 Å². The molecule has 0 fully saturated rings. The lowest BCUT2D eigenvalue weighted by molar-refractivity contribution is -0.137. The standard InChI is InChI=1S/C13H16ClF3N2O/c1-19(2)12(20)4-3-7-18-11-6-5-9(14)8-10(11)13(15,16)17/h5-6,8,18H,3-4,7H2,1-2H3. The number of rotatable bonds is 5. The molecule has 20 heavy (non-hydrogen) atoms. The molecule has 0 atom stereocenters. The molecule has 0 bridgehead atoms. The lowest BCUT2D eigenvalue weighted by Crippen LogP contribution is -2.22. The molecule has 112 valence electrons. The van der Waals surface area contributed by atoms with Crippen LogP contribution in [-0.2, 0) is 11.0 Å². The van der Waals surface area contributed by atoms with Crippen molar-refractivity contribution in [3.05, 3.63) is 28.8 Å². The summed E-state index contributed by atoms with van der Waals surface area (Å²) in [5.74, 6) is -0.0565. The third-order valence-electron chi connectivity index (χ3n) is 2.67. The van der Waals surface area contributed by atoms with E-state index in [1.807, 2.05) is 0 Å². The maximum Gasteiger partial charge on any atom is 0.418 e. The summed E-state index contributed by atoms with van der Waals surface area (Å²) >= 11 is 5.58. The molecular weight excluding hydrogens is 293 g/mol. The van der Waals surface area contributed by atoms with Gasteiger partial charge in [-0.3, -0.25) is 4.79 Å². The molecule has 1 N–H and O–H groups in total. The molecule has 0 saturated carbocycles. The maximum atomic E-state index is 12.8. The van der Waals surface area contributed by atoms with Gasteiger partial charge in [0.25, 0.3) is 0 Å². The molecule has 3 nitrogen and oxygen atoms in total. The molecule has 0 aliphatic carbocycles. The number of nitrogens with zero attached hydrogens (tertiary/aromatic N) is 1. The minimum absolute atomic E-state index is 0.0285. The number of benzene rings is 1. The largest absolute Gasteiger partial charge is 0.418 e. The monoisotopic (exact) mass is 308 g/mol. The summed E-state index contributed by atoms with van der Waals surface area (Å²) in [4.78, 5) is 12.8. The molecule has 0 unspecified atom stereocenters. The molecular formula is C13H16ClF3N2O. The first-order chi connectivity index (χ1) is 9.21. The van der Waals surface area contributed by atoms with Crippen LogP contribution in [0.1, 0.15) is 18.4 Å². The van der Waals surface area contributed by atoms with E-state index in [1.165, 1.54) is 17.0 Å². The second-order valence-corrected chi connectivity index (χ2v) is 4.94. The number of hydrogen-bond donors (Lipinski definition) is 1. The van der Waals surface area contributed by atoms with Gasteiger partial charge in [0.15, 0.2) is 0 Å². The van der Waals surface area contributed by atoms with E-state index in [0.717, 1.165) is 6.07 Å². The number of anilines is 1. The van der Waals surface area contributed by atoms with Crippen molar-refractivity contribution in [2.45, 2.75) is 19.0 Å². The summed E-state index contributed by atoms with van der Waals surface area (Å²) in [6.45, 7) is 0.282. The van der Waals surface area contributed by atoms with Crippen LogP contribution >= 0.6 is 11.6 Å². The van der Waals surface area contributed by atoms with Crippen LogP contribution in [0.15, 0.2) is 18.2 Å². The Morgan fingerprint density at radius 2 is 2.00 bits per heavy atom. The smallest absolute Gasteiger partial charge is 0.385 e. The third-order valence-corrected chi connectivity index (χ3v) is 2.90. The van der Waals surface area contributed by atoms with Gasteiger partial charge in [0.05, 0.1) is 5.56 Å². The van der Waals surface area contributed by atoms with Crippen LogP contribution in [0.4, 0.5) is 18.9 Å². The van der Waals surface area contributed by atoms with E-state index in [2.05, 4.69) is 5.32 Å². The van der Waals surface area contributed by atoms with Crippen LogP contribution in [0.2, 0.25) is 5.02 Å². The fourth-order valence-corrected chi connectivity index (χ4v) is 1.76. The van der Waals surface area contributed by atoms with Crippen LogP contribution in [0, 0.1) is 0 Å². The predicted molar refractivity (Wildman–Crippen MR) is 72.9 cm³/mol. The van der Waals surface area contributed by atoms with Gasteiger partial charge in [-0.05, 0) is 24.6 Å². The lowest BCUT2D eigenvalue weighted by atomic mass is 10.1. The summed E-state index contributed by atoms with van der Waals surface area (Å²) in [7, 11) is 3.27. The Kier molecular flexibility index (Phi) is 5.68.